The lowest BCUT2D eigenvalue weighted by Gasteiger charge is -2.13. The molecular formula is C24H37ClNO+. The molecule has 2 aromatic rings. The lowest BCUT2D eigenvalue weighted by Crippen LogP contribution is -2.33. The SMILES string of the molecule is CCCCCc1ccc(OCCC[n+]2ccccc2)c(CCCCC)c1.Cl. The van der Waals surface area contributed by atoms with Crippen LogP contribution in [0.3, 0.4) is 0 Å². The molecule has 0 saturated heterocycles. The first kappa shape index (κ1) is 23.5. The summed E-state index contributed by atoms with van der Waals surface area (Å²) in [5.41, 5.74) is 2.87. The van der Waals surface area contributed by atoms with Gasteiger partial charge in [-0.05, 0) is 42.9 Å². The third-order valence-electron chi connectivity index (χ3n) is 4.84. The van der Waals surface area contributed by atoms with Gasteiger partial charge in [0.2, 0.25) is 0 Å². The summed E-state index contributed by atoms with van der Waals surface area (Å²) >= 11 is 0. The number of aromatic nitrogens is 1. The van der Waals surface area contributed by atoms with E-state index in [4.69, 9.17) is 4.74 Å². The molecule has 0 bridgehead atoms. The van der Waals surface area contributed by atoms with Crippen LogP contribution in [-0.4, -0.2) is 6.61 Å². The Hall–Kier alpha value is -1.54. The molecule has 0 unspecified atom stereocenters. The van der Waals surface area contributed by atoms with Crippen LogP contribution in [0.1, 0.15) is 69.9 Å². The van der Waals surface area contributed by atoms with E-state index in [1.807, 2.05) is 0 Å². The molecule has 0 aliphatic heterocycles. The molecule has 0 spiro atoms. The number of ether oxygens (including phenoxy) is 1. The summed E-state index contributed by atoms with van der Waals surface area (Å²) in [5.74, 6) is 1.10. The monoisotopic (exact) mass is 390 g/mol. The molecule has 0 radical (unpaired) electrons. The predicted octanol–water partition coefficient (Wildman–Crippen LogP) is 6.33. The fourth-order valence-corrected chi connectivity index (χ4v) is 3.28. The molecule has 0 amide bonds. The normalized spacial score (nSPS) is 10.4. The summed E-state index contributed by atoms with van der Waals surface area (Å²) in [6.07, 6.45) is 15.3. The van der Waals surface area contributed by atoms with Crippen LogP contribution in [0.25, 0.3) is 0 Å². The molecule has 0 atom stereocenters. The molecule has 0 fully saturated rings. The second-order valence-corrected chi connectivity index (χ2v) is 7.17. The number of aryl methyl sites for hydroxylation is 3. The van der Waals surface area contributed by atoms with Crippen molar-refractivity contribution in [1.29, 1.82) is 0 Å². The van der Waals surface area contributed by atoms with Gasteiger partial charge in [-0.15, -0.1) is 12.4 Å². The van der Waals surface area contributed by atoms with E-state index < -0.39 is 0 Å². The quantitative estimate of drug-likeness (QED) is 0.287. The first-order valence-electron chi connectivity index (χ1n) is 10.5. The Balaban J connectivity index is 0.00000364. The van der Waals surface area contributed by atoms with E-state index in [2.05, 4.69) is 67.2 Å². The molecule has 0 saturated carbocycles. The maximum Gasteiger partial charge on any atom is 0.168 e. The highest BCUT2D eigenvalue weighted by molar-refractivity contribution is 5.85. The molecule has 150 valence electrons. The van der Waals surface area contributed by atoms with E-state index in [0.29, 0.717) is 0 Å². The number of halogens is 1. The summed E-state index contributed by atoms with van der Waals surface area (Å²) in [6, 6.07) is 13.1. The minimum Gasteiger partial charge on any atom is -0.493 e. The van der Waals surface area contributed by atoms with E-state index in [0.717, 1.165) is 31.7 Å². The summed E-state index contributed by atoms with van der Waals surface area (Å²) in [6.45, 7) is 6.31. The molecule has 1 aromatic carbocycles. The second kappa shape index (κ2) is 14.5. The molecule has 0 aliphatic carbocycles. The number of unbranched alkanes of at least 4 members (excludes halogenated alkanes) is 4. The van der Waals surface area contributed by atoms with Crippen LogP contribution in [0.15, 0.2) is 48.8 Å². The first-order valence-corrected chi connectivity index (χ1v) is 10.5. The average molecular weight is 391 g/mol. The minimum atomic E-state index is 0. The molecule has 0 aliphatic rings. The number of benzene rings is 1. The highest BCUT2D eigenvalue weighted by Crippen LogP contribution is 2.24. The molecule has 2 rings (SSSR count). The van der Waals surface area contributed by atoms with Crippen LogP contribution >= 0.6 is 12.4 Å². The maximum atomic E-state index is 6.16. The molecule has 27 heavy (non-hydrogen) atoms. The fourth-order valence-electron chi connectivity index (χ4n) is 3.28. The average Bonchev–Trinajstić information content (AvgIpc) is 2.68. The third-order valence-corrected chi connectivity index (χ3v) is 4.84. The number of pyridine rings is 1. The third kappa shape index (κ3) is 9.28. The van der Waals surface area contributed by atoms with E-state index >= 15 is 0 Å². The van der Waals surface area contributed by atoms with Crippen molar-refractivity contribution in [2.75, 3.05) is 6.61 Å². The van der Waals surface area contributed by atoms with E-state index in [1.54, 1.807) is 0 Å². The minimum absolute atomic E-state index is 0. The van der Waals surface area contributed by atoms with Crippen molar-refractivity contribution in [3.05, 3.63) is 59.9 Å². The van der Waals surface area contributed by atoms with Crippen molar-refractivity contribution in [3.63, 3.8) is 0 Å². The van der Waals surface area contributed by atoms with Gasteiger partial charge in [-0.1, -0.05) is 57.7 Å². The Morgan fingerprint density at radius 3 is 2.22 bits per heavy atom. The van der Waals surface area contributed by atoms with Gasteiger partial charge in [0.15, 0.2) is 18.9 Å². The van der Waals surface area contributed by atoms with Gasteiger partial charge in [-0.3, -0.25) is 0 Å². The Kier molecular flexibility index (Phi) is 12.6. The van der Waals surface area contributed by atoms with Gasteiger partial charge in [0.05, 0.1) is 6.61 Å². The maximum absolute atomic E-state index is 6.16. The number of hydrogen-bond donors (Lipinski definition) is 0. The summed E-state index contributed by atoms with van der Waals surface area (Å²) in [5, 5.41) is 0. The lowest BCUT2D eigenvalue weighted by atomic mass is 10.00. The van der Waals surface area contributed by atoms with Gasteiger partial charge in [0.1, 0.15) is 5.75 Å². The van der Waals surface area contributed by atoms with Gasteiger partial charge in [-0.25, -0.2) is 4.57 Å². The van der Waals surface area contributed by atoms with Gasteiger partial charge in [0, 0.05) is 18.6 Å². The topological polar surface area (TPSA) is 13.1 Å². The van der Waals surface area contributed by atoms with Crippen LogP contribution in [0.2, 0.25) is 0 Å². The van der Waals surface area contributed by atoms with Crippen LogP contribution in [0.5, 0.6) is 5.75 Å². The van der Waals surface area contributed by atoms with Crippen LogP contribution in [-0.2, 0) is 19.4 Å². The Morgan fingerprint density at radius 1 is 0.815 bits per heavy atom. The highest BCUT2D eigenvalue weighted by atomic mass is 35.5. The van der Waals surface area contributed by atoms with Crippen molar-refractivity contribution in [1.82, 2.24) is 0 Å². The van der Waals surface area contributed by atoms with Gasteiger partial charge in [-0.2, -0.15) is 0 Å². The standard InChI is InChI=1S/C24H36NO.ClH/c1-3-5-8-13-22-15-16-24(23(21-22)14-9-6-4-2)26-20-12-19-25-17-10-7-11-18-25;/h7,10-11,15-18,21H,3-6,8-9,12-14,19-20H2,1-2H3;1H/q+1;. The predicted molar refractivity (Wildman–Crippen MR) is 117 cm³/mol. The Bertz CT molecular complexity index is 615. The Labute approximate surface area is 172 Å². The van der Waals surface area contributed by atoms with Crippen molar-refractivity contribution in [3.8, 4) is 5.75 Å². The zero-order valence-electron chi connectivity index (χ0n) is 17.2. The Morgan fingerprint density at radius 2 is 1.52 bits per heavy atom. The van der Waals surface area contributed by atoms with Gasteiger partial charge < -0.3 is 4.74 Å². The van der Waals surface area contributed by atoms with E-state index in [1.165, 1.54) is 56.1 Å². The molecule has 3 heteroatoms. The van der Waals surface area contributed by atoms with Gasteiger partial charge >= 0.3 is 0 Å². The molecule has 1 aromatic heterocycles. The smallest absolute Gasteiger partial charge is 0.168 e. The summed E-state index contributed by atoms with van der Waals surface area (Å²) in [7, 11) is 0. The van der Waals surface area contributed by atoms with Crippen molar-refractivity contribution in [2.45, 2.75) is 78.2 Å². The first-order chi connectivity index (χ1) is 12.8. The summed E-state index contributed by atoms with van der Waals surface area (Å²) < 4.78 is 8.37. The fraction of sp³-hybridized carbons (Fsp3) is 0.542. The van der Waals surface area contributed by atoms with Crippen molar-refractivity contribution >= 4 is 12.4 Å². The van der Waals surface area contributed by atoms with Gasteiger partial charge in [0.25, 0.3) is 0 Å². The molecule has 1 heterocycles. The van der Waals surface area contributed by atoms with Crippen LogP contribution in [0, 0.1) is 0 Å². The van der Waals surface area contributed by atoms with Crippen LogP contribution in [0.4, 0.5) is 0 Å². The zero-order chi connectivity index (χ0) is 18.5. The lowest BCUT2D eigenvalue weighted by molar-refractivity contribution is -0.697. The largest absolute Gasteiger partial charge is 0.493 e. The summed E-state index contributed by atoms with van der Waals surface area (Å²) in [4.78, 5) is 0. The van der Waals surface area contributed by atoms with Crippen molar-refractivity contribution in [2.24, 2.45) is 0 Å². The molecule has 2 nitrogen and oxygen atoms in total. The number of hydrogen-bond acceptors (Lipinski definition) is 1. The number of nitrogens with zero attached hydrogens (tertiary/aromatic N) is 1. The molecule has 0 N–H and O–H groups in total. The van der Waals surface area contributed by atoms with E-state index in [-0.39, 0.29) is 12.4 Å². The van der Waals surface area contributed by atoms with Crippen molar-refractivity contribution < 1.29 is 9.30 Å². The second-order valence-electron chi connectivity index (χ2n) is 7.17. The van der Waals surface area contributed by atoms with Crippen LogP contribution < -0.4 is 9.30 Å². The van der Waals surface area contributed by atoms with E-state index in [9.17, 15) is 0 Å². The molecular weight excluding hydrogens is 354 g/mol. The zero-order valence-corrected chi connectivity index (χ0v) is 18.0. The highest BCUT2D eigenvalue weighted by Gasteiger charge is 2.07. The number of rotatable bonds is 13.